The smallest absolute Gasteiger partial charge is 0.251 e. The highest BCUT2D eigenvalue weighted by Crippen LogP contribution is 2.37. The zero-order chi connectivity index (χ0) is 28.9. The number of halogens is 1. The number of amides is 3. The molecule has 5 rings (SSSR count). The molecule has 8 nitrogen and oxygen atoms in total. The third-order valence-electron chi connectivity index (χ3n) is 10.2. The van der Waals surface area contributed by atoms with E-state index in [1.54, 1.807) is 0 Å². The van der Waals surface area contributed by atoms with Crippen molar-refractivity contribution in [3.05, 3.63) is 35.4 Å². The first-order chi connectivity index (χ1) is 19.8. The minimum atomic E-state index is -0.859. The van der Waals surface area contributed by atoms with Gasteiger partial charge in [-0.25, -0.2) is 0 Å². The van der Waals surface area contributed by atoms with Crippen LogP contribution in [0.25, 0.3) is 0 Å². The van der Waals surface area contributed by atoms with Crippen molar-refractivity contribution in [3.8, 4) is 0 Å². The Morgan fingerprint density at radius 2 is 1.62 bits per heavy atom. The van der Waals surface area contributed by atoms with Gasteiger partial charge in [-0.05, 0) is 62.6 Å². The normalized spacial score (nSPS) is 24.6. The Bertz CT molecular complexity index is 1060. The number of unbranched alkanes of at least 4 members (excludes halogenated alkanes) is 1. The summed E-state index contributed by atoms with van der Waals surface area (Å²) in [5.74, 6) is -0.0596. The Morgan fingerprint density at radius 3 is 2.26 bits per heavy atom. The van der Waals surface area contributed by atoms with Crippen molar-refractivity contribution in [1.82, 2.24) is 20.4 Å². The fraction of sp³-hybridized carbons (Fsp3) is 0.727. The van der Waals surface area contributed by atoms with E-state index in [9.17, 15) is 19.5 Å². The van der Waals surface area contributed by atoms with Crippen molar-refractivity contribution in [2.24, 2.45) is 0 Å². The monoisotopic (exact) mass is 602 g/mol. The molecule has 4 aliphatic rings. The van der Waals surface area contributed by atoms with Crippen molar-refractivity contribution in [3.63, 3.8) is 0 Å². The van der Waals surface area contributed by atoms with E-state index in [2.05, 4.69) is 22.5 Å². The predicted octanol–water partition coefficient (Wildman–Crippen LogP) is 4.72. The van der Waals surface area contributed by atoms with Gasteiger partial charge in [0.15, 0.2) is 0 Å². The van der Waals surface area contributed by atoms with Crippen LogP contribution in [0, 0.1) is 0 Å². The highest BCUT2D eigenvalue weighted by Gasteiger charge is 2.54. The lowest BCUT2D eigenvalue weighted by molar-refractivity contribution is -0.163. The van der Waals surface area contributed by atoms with Crippen LogP contribution in [0.4, 0.5) is 0 Å². The molecular weight excluding hydrogens is 552 g/mol. The fourth-order valence-electron chi connectivity index (χ4n) is 7.56. The van der Waals surface area contributed by atoms with E-state index >= 15 is 0 Å². The van der Waals surface area contributed by atoms with E-state index < -0.39 is 17.2 Å². The number of nitrogens with zero attached hydrogens (tertiary/aromatic N) is 2. The molecule has 2 aliphatic carbocycles. The molecule has 2 heterocycles. The van der Waals surface area contributed by atoms with Crippen LogP contribution in [0.1, 0.15) is 119 Å². The van der Waals surface area contributed by atoms with Gasteiger partial charge in [-0.1, -0.05) is 64.0 Å². The van der Waals surface area contributed by atoms with Gasteiger partial charge >= 0.3 is 0 Å². The molecule has 2 saturated heterocycles. The number of hydrogen-bond acceptors (Lipinski definition) is 5. The lowest BCUT2D eigenvalue weighted by Gasteiger charge is -2.52. The van der Waals surface area contributed by atoms with Crippen molar-refractivity contribution in [2.45, 2.75) is 133 Å². The predicted molar refractivity (Wildman–Crippen MR) is 166 cm³/mol. The van der Waals surface area contributed by atoms with E-state index in [4.69, 9.17) is 0 Å². The second-order valence-corrected chi connectivity index (χ2v) is 13.2. The number of aliphatic hydroxyl groups is 1. The lowest BCUT2D eigenvalue weighted by Crippen LogP contribution is -2.73. The van der Waals surface area contributed by atoms with Gasteiger partial charge < -0.3 is 20.6 Å². The SMILES string of the molecule is CCCCN1C(=O)[C@@H](CC2(O)CCCCC2)NC(=O)C12CCN(Cc1ccc(C(=O)NC3CCCCC3)cc1)CC2.Cl. The zero-order valence-corrected chi connectivity index (χ0v) is 26.2. The summed E-state index contributed by atoms with van der Waals surface area (Å²) in [6.07, 6.45) is 13.6. The van der Waals surface area contributed by atoms with Gasteiger partial charge in [0, 0.05) is 44.2 Å². The molecule has 1 aromatic carbocycles. The Kier molecular flexibility index (Phi) is 11.3. The molecule has 0 unspecified atom stereocenters. The Labute approximate surface area is 257 Å². The number of piperidine rings is 1. The zero-order valence-electron chi connectivity index (χ0n) is 25.4. The van der Waals surface area contributed by atoms with Gasteiger partial charge in [0.1, 0.15) is 11.6 Å². The Morgan fingerprint density at radius 1 is 0.976 bits per heavy atom. The summed E-state index contributed by atoms with van der Waals surface area (Å²) in [6, 6.07) is 7.55. The molecule has 9 heteroatoms. The van der Waals surface area contributed by atoms with Gasteiger partial charge in [0.25, 0.3) is 5.91 Å². The molecule has 234 valence electrons. The molecule has 1 spiro atoms. The highest BCUT2D eigenvalue weighted by molar-refractivity contribution is 6.00. The minimum Gasteiger partial charge on any atom is -0.390 e. The standard InChI is InChI=1S/C33H50N4O4.ClH/c1-2-3-20-37-30(39)28(23-32(41)16-8-5-9-17-32)35-31(40)33(37)18-21-36(22-19-33)24-25-12-14-26(15-13-25)29(38)34-27-10-6-4-7-11-27;/h12-15,27-28,41H,2-11,16-24H2,1H3,(H,34,38)(H,35,40);1H/t28-;/m1./s1. The number of carbonyl (C=O) groups is 3. The third kappa shape index (κ3) is 7.48. The molecule has 2 saturated carbocycles. The second kappa shape index (κ2) is 14.5. The van der Waals surface area contributed by atoms with E-state index in [-0.39, 0.29) is 30.1 Å². The number of benzene rings is 1. The highest BCUT2D eigenvalue weighted by atomic mass is 35.5. The van der Waals surface area contributed by atoms with Gasteiger partial charge in [-0.3, -0.25) is 19.3 Å². The molecule has 1 aromatic rings. The molecular formula is C33H51ClN4O4. The first-order valence-corrected chi connectivity index (χ1v) is 16.3. The minimum absolute atomic E-state index is 0. The van der Waals surface area contributed by atoms with Crippen LogP contribution < -0.4 is 10.6 Å². The van der Waals surface area contributed by atoms with Gasteiger partial charge in [0.2, 0.25) is 11.8 Å². The first-order valence-electron chi connectivity index (χ1n) is 16.3. The molecule has 42 heavy (non-hydrogen) atoms. The Hall–Kier alpha value is -2.16. The summed E-state index contributed by atoms with van der Waals surface area (Å²) in [6.45, 7) is 4.89. The third-order valence-corrected chi connectivity index (χ3v) is 10.2. The molecule has 0 bridgehead atoms. The number of nitrogens with one attached hydrogen (secondary N) is 2. The number of hydrogen-bond donors (Lipinski definition) is 3. The second-order valence-electron chi connectivity index (χ2n) is 13.2. The van der Waals surface area contributed by atoms with Crippen molar-refractivity contribution in [1.29, 1.82) is 0 Å². The van der Waals surface area contributed by atoms with E-state index in [0.29, 0.717) is 50.3 Å². The van der Waals surface area contributed by atoms with E-state index in [1.807, 2.05) is 29.2 Å². The molecule has 1 atom stereocenters. The summed E-state index contributed by atoms with van der Waals surface area (Å²) in [4.78, 5) is 44.4. The van der Waals surface area contributed by atoms with E-state index in [0.717, 1.165) is 70.1 Å². The maximum Gasteiger partial charge on any atom is 0.251 e. The largest absolute Gasteiger partial charge is 0.390 e. The molecule has 2 aliphatic heterocycles. The maximum absolute atomic E-state index is 13.8. The van der Waals surface area contributed by atoms with Crippen molar-refractivity contribution < 1.29 is 19.5 Å². The molecule has 0 radical (unpaired) electrons. The summed E-state index contributed by atoms with van der Waals surface area (Å²) >= 11 is 0. The van der Waals surface area contributed by atoms with Crippen molar-refractivity contribution in [2.75, 3.05) is 19.6 Å². The van der Waals surface area contributed by atoms with Crippen LogP contribution in [-0.4, -0.2) is 75.5 Å². The fourth-order valence-corrected chi connectivity index (χ4v) is 7.56. The number of carbonyl (C=O) groups excluding carboxylic acids is 3. The van der Waals surface area contributed by atoms with Crippen LogP contribution in [0.15, 0.2) is 24.3 Å². The molecule has 3 amide bonds. The maximum atomic E-state index is 13.8. The summed E-state index contributed by atoms with van der Waals surface area (Å²) in [7, 11) is 0. The number of likely N-dealkylation sites (tertiary alicyclic amines) is 1. The van der Waals surface area contributed by atoms with Crippen LogP contribution in [0.2, 0.25) is 0 Å². The van der Waals surface area contributed by atoms with Gasteiger partial charge in [-0.2, -0.15) is 0 Å². The number of rotatable bonds is 9. The first kappa shape index (κ1) is 32.7. The molecule has 0 aromatic heterocycles. The summed E-state index contributed by atoms with van der Waals surface area (Å²) in [5, 5.41) is 17.4. The van der Waals surface area contributed by atoms with Crippen molar-refractivity contribution >= 4 is 30.1 Å². The lowest BCUT2D eigenvalue weighted by atomic mass is 9.77. The molecule has 4 fully saturated rings. The topological polar surface area (TPSA) is 102 Å². The van der Waals surface area contributed by atoms with E-state index in [1.165, 1.54) is 19.3 Å². The average Bonchev–Trinajstić information content (AvgIpc) is 2.98. The number of piperazine rings is 1. The van der Waals surface area contributed by atoms with Gasteiger partial charge in [0.05, 0.1) is 5.60 Å². The quantitative estimate of drug-likeness (QED) is 0.380. The summed E-state index contributed by atoms with van der Waals surface area (Å²) in [5.41, 5.74) is 0.175. The average molecular weight is 603 g/mol. The van der Waals surface area contributed by atoms with Crippen LogP contribution in [-0.2, 0) is 16.1 Å². The van der Waals surface area contributed by atoms with Crippen LogP contribution >= 0.6 is 12.4 Å². The van der Waals surface area contributed by atoms with Gasteiger partial charge in [-0.15, -0.1) is 12.4 Å². The van der Waals surface area contributed by atoms with Crippen LogP contribution in [0.5, 0.6) is 0 Å². The van der Waals surface area contributed by atoms with Crippen LogP contribution in [0.3, 0.4) is 0 Å². The Balaban J connectivity index is 0.00000405. The molecule has 3 N–H and O–H groups in total. The summed E-state index contributed by atoms with van der Waals surface area (Å²) < 4.78 is 0.